The third kappa shape index (κ3) is 34.3. The van der Waals surface area contributed by atoms with Gasteiger partial charge in [0.1, 0.15) is 13.2 Å². The molecular weight excluding hydrogens is 600 g/mol. The topological polar surface area (TPSA) is 78.9 Å². The van der Waals surface area contributed by atoms with E-state index in [1.165, 1.54) is 116 Å². The molecule has 0 aliphatic rings. The maximum absolute atomic E-state index is 12.5. The first-order valence-corrected chi connectivity index (χ1v) is 20.9. The molecule has 2 atom stereocenters. The van der Waals surface area contributed by atoms with Gasteiger partial charge >= 0.3 is 17.9 Å². The van der Waals surface area contributed by atoms with Crippen LogP contribution in [-0.4, -0.2) is 37.2 Å². The van der Waals surface area contributed by atoms with Crippen molar-refractivity contribution in [1.29, 1.82) is 0 Å². The van der Waals surface area contributed by atoms with Crippen LogP contribution >= 0.6 is 0 Å². The summed E-state index contributed by atoms with van der Waals surface area (Å²) in [5.74, 6) is -0.0272. The van der Waals surface area contributed by atoms with Crippen LogP contribution in [0.1, 0.15) is 227 Å². The Morgan fingerprint density at radius 3 is 1.08 bits per heavy atom. The maximum Gasteiger partial charge on any atom is 0.306 e. The van der Waals surface area contributed by atoms with Gasteiger partial charge in [-0.05, 0) is 25.2 Å². The van der Waals surface area contributed by atoms with Crippen molar-refractivity contribution in [3.8, 4) is 0 Å². The van der Waals surface area contributed by atoms with E-state index in [1.807, 2.05) is 0 Å². The Bertz CT molecular complexity index is 723. The van der Waals surface area contributed by atoms with E-state index in [9.17, 15) is 14.4 Å². The molecule has 0 aliphatic heterocycles. The van der Waals surface area contributed by atoms with Gasteiger partial charge in [0.25, 0.3) is 0 Å². The second-order valence-electron chi connectivity index (χ2n) is 14.5. The fourth-order valence-corrected chi connectivity index (χ4v) is 6.06. The van der Waals surface area contributed by atoms with Gasteiger partial charge in [0.05, 0.1) is 0 Å². The zero-order valence-electron chi connectivity index (χ0n) is 32.4. The van der Waals surface area contributed by atoms with E-state index in [2.05, 4.69) is 27.7 Å². The molecular formula is C42H80O6. The van der Waals surface area contributed by atoms with Gasteiger partial charge in [-0.1, -0.05) is 188 Å². The highest BCUT2D eigenvalue weighted by atomic mass is 16.6. The molecule has 0 fully saturated rings. The van der Waals surface area contributed by atoms with Crippen LogP contribution in [0.5, 0.6) is 0 Å². The summed E-state index contributed by atoms with van der Waals surface area (Å²) >= 11 is 0. The standard InChI is InChI=1S/C42H80O6/c1-5-8-10-12-13-14-15-16-17-18-22-26-29-33-40(43)46-36-39(48-42(45)35-31-24-11-9-6-2)37-47-41(44)34-30-27-23-20-19-21-25-28-32-38(4)7-3/h38-39H,5-37H2,1-4H3/t38?,39-/m0/s1. The summed E-state index contributed by atoms with van der Waals surface area (Å²) in [6, 6.07) is 0. The summed E-state index contributed by atoms with van der Waals surface area (Å²) in [6.07, 6.45) is 33.9. The van der Waals surface area contributed by atoms with Crippen LogP contribution in [-0.2, 0) is 28.6 Å². The van der Waals surface area contributed by atoms with Crippen LogP contribution in [0, 0.1) is 5.92 Å². The highest BCUT2D eigenvalue weighted by Gasteiger charge is 2.19. The van der Waals surface area contributed by atoms with Crippen LogP contribution < -0.4 is 0 Å². The molecule has 284 valence electrons. The zero-order chi connectivity index (χ0) is 35.3. The van der Waals surface area contributed by atoms with Crippen molar-refractivity contribution in [2.75, 3.05) is 13.2 Å². The Kier molecular flexibility index (Phi) is 35.5. The molecule has 0 aromatic rings. The first-order chi connectivity index (χ1) is 23.4. The van der Waals surface area contributed by atoms with Gasteiger partial charge in [-0.2, -0.15) is 0 Å². The van der Waals surface area contributed by atoms with E-state index in [4.69, 9.17) is 14.2 Å². The summed E-state index contributed by atoms with van der Waals surface area (Å²) in [6.45, 7) is 8.90. The molecule has 6 heteroatoms. The fraction of sp³-hybridized carbons (Fsp3) is 0.929. The Morgan fingerprint density at radius 2 is 0.729 bits per heavy atom. The van der Waals surface area contributed by atoms with Gasteiger partial charge < -0.3 is 14.2 Å². The summed E-state index contributed by atoms with van der Waals surface area (Å²) in [5.41, 5.74) is 0. The number of carbonyl (C=O) groups is 3. The minimum atomic E-state index is -0.756. The number of esters is 3. The average molecular weight is 681 g/mol. The van der Waals surface area contributed by atoms with Crippen molar-refractivity contribution in [3.63, 3.8) is 0 Å². The van der Waals surface area contributed by atoms with Gasteiger partial charge in [-0.25, -0.2) is 0 Å². The van der Waals surface area contributed by atoms with Crippen LogP contribution in [0.25, 0.3) is 0 Å². The maximum atomic E-state index is 12.5. The summed E-state index contributed by atoms with van der Waals surface area (Å²) in [7, 11) is 0. The highest BCUT2D eigenvalue weighted by molar-refractivity contribution is 5.71. The lowest BCUT2D eigenvalue weighted by atomic mass is 9.99. The SMILES string of the molecule is CCCCCCCCCCCCCCCC(=O)OC[C@@H](COC(=O)CCCCCCCCCCC(C)CC)OC(=O)CCCCCCC. The molecule has 6 nitrogen and oxygen atoms in total. The van der Waals surface area contributed by atoms with Gasteiger partial charge in [0, 0.05) is 19.3 Å². The van der Waals surface area contributed by atoms with Crippen LogP contribution in [0.2, 0.25) is 0 Å². The van der Waals surface area contributed by atoms with E-state index in [0.717, 1.165) is 70.1 Å². The Labute approximate surface area is 298 Å². The lowest BCUT2D eigenvalue weighted by Gasteiger charge is -2.18. The normalized spacial score (nSPS) is 12.5. The lowest BCUT2D eigenvalue weighted by molar-refractivity contribution is -0.167. The van der Waals surface area contributed by atoms with Crippen LogP contribution in [0.4, 0.5) is 0 Å². The summed E-state index contributed by atoms with van der Waals surface area (Å²) < 4.78 is 16.5. The molecule has 1 unspecified atom stereocenters. The Balaban J connectivity index is 4.20. The predicted octanol–water partition coefficient (Wildman–Crippen LogP) is 12.8. The van der Waals surface area contributed by atoms with E-state index in [0.29, 0.717) is 19.3 Å². The summed E-state index contributed by atoms with van der Waals surface area (Å²) in [4.78, 5) is 37.3. The van der Waals surface area contributed by atoms with Crippen molar-refractivity contribution >= 4 is 17.9 Å². The number of hydrogen-bond donors (Lipinski definition) is 0. The van der Waals surface area contributed by atoms with E-state index < -0.39 is 6.10 Å². The van der Waals surface area contributed by atoms with Crippen molar-refractivity contribution < 1.29 is 28.6 Å². The molecule has 0 aromatic carbocycles. The fourth-order valence-electron chi connectivity index (χ4n) is 6.06. The molecule has 0 aliphatic carbocycles. The zero-order valence-corrected chi connectivity index (χ0v) is 32.4. The van der Waals surface area contributed by atoms with E-state index in [1.54, 1.807) is 0 Å². The van der Waals surface area contributed by atoms with Crippen molar-refractivity contribution in [3.05, 3.63) is 0 Å². The third-order valence-corrected chi connectivity index (χ3v) is 9.65. The molecule has 0 spiro atoms. The first kappa shape index (κ1) is 46.4. The molecule has 0 amide bonds. The molecule has 0 saturated heterocycles. The smallest absolute Gasteiger partial charge is 0.306 e. The minimum Gasteiger partial charge on any atom is -0.462 e. The second kappa shape index (κ2) is 36.7. The predicted molar refractivity (Wildman–Crippen MR) is 201 cm³/mol. The molecule has 0 N–H and O–H groups in total. The number of ether oxygens (including phenoxy) is 3. The molecule has 0 rings (SSSR count). The van der Waals surface area contributed by atoms with Gasteiger partial charge in [0.2, 0.25) is 0 Å². The first-order valence-electron chi connectivity index (χ1n) is 20.9. The number of rotatable bonds is 37. The molecule has 0 bridgehead atoms. The average Bonchev–Trinajstić information content (AvgIpc) is 3.08. The molecule has 0 radical (unpaired) electrons. The molecule has 0 heterocycles. The molecule has 0 saturated carbocycles. The largest absolute Gasteiger partial charge is 0.462 e. The molecule has 48 heavy (non-hydrogen) atoms. The minimum absolute atomic E-state index is 0.0660. The van der Waals surface area contributed by atoms with Gasteiger partial charge in [-0.15, -0.1) is 0 Å². The van der Waals surface area contributed by atoms with Gasteiger partial charge in [0.15, 0.2) is 6.10 Å². The van der Waals surface area contributed by atoms with Gasteiger partial charge in [-0.3, -0.25) is 14.4 Å². The number of carbonyl (C=O) groups excluding carboxylic acids is 3. The van der Waals surface area contributed by atoms with Crippen molar-refractivity contribution in [2.45, 2.75) is 233 Å². The highest BCUT2D eigenvalue weighted by Crippen LogP contribution is 2.16. The number of hydrogen-bond acceptors (Lipinski definition) is 6. The van der Waals surface area contributed by atoms with E-state index >= 15 is 0 Å². The van der Waals surface area contributed by atoms with E-state index in [-0.39, 0.29) is 31.1 Å². The van der Waals surface area contributed by atoms with Crippen LogP contribution in [0.15, 0.2) is 0 Å². The Morgan fingerprint density at radius 1 is 0.417 bits per heavy atom. The monoisotopic (exact) mass is 681 g/mol. The third-order valence-electron chi connectivity index (χ3n) is 9.65. The van der Waals surface area contributed by atoms with Crippen LogP contribution in [0.3, 0.4) is 0 Å². The van der Waals surface area contributed by atoms with Crippen molar-refractivity contribution in [2.24, 2.45) is 5.92 Å². The second-order valence-corrected chi connectivity index (χ2v) is 14.5. The lowest BCUT2D eigenvalue weighted by Crippen LogP contribution is -2.30. The summed E-state index contributed by atoms with van der Waals surface area (Å²) in [5, 5.41) is 0. The van der Waals surface area contributed by atoms with Crippen molar-refractivity contribution in [1.82, 2.24) is 0 Å². The number of unbranched alkanes of at least 4 members (excludes halogenated alkanes) is 23. The molecule has 0 aromatic heterocycles. The quantitative estimate of drug-likeness (QED) is 0.0369. The Hall–Kier alpha value is -1.59.